The largest absolute Gasteiger partial charge is 0.387 e. The van der Waals surface area contributed by atoms with Gasteiger partial charge in [-0.25, -0.2) is 4.98 Å². The Bertz CT molecular complexity index is 606. The molecule has 1 amide bonds. The van der Waals surface area contributed by atoms with Crippen molar-refractivity contribution in [3.63, 3.8) is 0 Å². The summed E-state index contributed by atoms with van der Waals surface area (Å²) in [7, 11) is 0. The Morgan fingerprint density at radius 2 is 2.12 bits per heavy atom. The molecular formula is C19H27N3O2. The van der Waals surface area contributed by atoms with Crippen LogP contribution < -0.4 is 4.90 Å². The molecule has 1 atom stereocenters. The number of hydrogen-bond acceptors (Lipinski definition) is 4. The van der Waals surface area contributed by atoms with Crippen LogP contribution >= 0.6 is 0 Å². The van der Waals surface area contributed by atoms with E-state index in [4.69, 9.17) is 0 Å². The Labute approximate surface area is 144 Å². The second-order valence-corrected chi connectivity index (χ2v) is 7.15. The van der Waals surface area contributed by atoms with Gasteiger partial charge in [0.1, 0.15) is 5.82 Å². The lowest BCUT2D eigenvalue weighted by Gasteiger charge is -2.47. The summed E-state index contributed by atoms with van der Waals surface area (Å²) in [5.41, 5.74) is 0.961. The van der Waals surface area contributed by atoms with Crippen LogP contribution in [0.5, 0.6) is 0 Å². The van der Waals surface area contributed by atoms with Gasteiger partial charge < -0.3 is 14.9 Å². The Morgan fingerprint density at radius 3 is 2.79 bits per heavy atom. The second-order valence-electron chi connectivity index (χ2n) is 7.15. The van der Waals surface area contributed by atoms with E-state index in [9.17, 15) is 9.90 Å². The van der Waals surface area contributed by atoms with E-state index in [1.807, 2.05) is 29.2 Å². The molecule has 2 saturated heterocycles. The molecule has 1 spiro atoms. The second kappa shape index (κ2) is 6.93. The molecule has 24 heavy (non-hydrogen) atoms. The van der Waals surface area contributed by atoms with Crippen LogP contribution in [0.15, 0.2) is 30.9 Å². The fourth-order valence-electron chi connectivity index (χ4n) is 3.89. The highest BCUT2D eigenvalue weighted by Crippen LogP contribution is 2.40. The standard InChI is InChI=1S/C19H27N3O2/c1-3-11-22-14-19(8-7-18(22)24)9-12-21(13-10-19)17-6-4-5-16(20-17)15(2)23/h3-6,15,23H,1,7-14H2,2H3. The minimum atomic E-state index is -0.544. The number of carbonyl (C=O) groups excluding carboxylic acids is 1. The maximum absolute atomic E-state index is 12.0. The number of hydrogen-bond donors (Lipinski definition) is 1. The number of rotatable bonds is 4. The van der Waals surface area contributed by atoms with Crippen molar-refractivity contribution >= 4 is 11.7 Å². The van der Waals surface area contributed by atoms with Crippen LogP contribution in [0, 0.1) is 5.41 Å². The van der Waals surface area contributed by atoms with Gasteiger partial charge in [-0.3, -0.25) is 4.79 Å². The Kier molecular flexibility index (Phi) is 4.90. The molecule has 130 valence electrons. The molecule has 0 aliphatic carbocycles. The minimum absolute atomic E-state index is 0.245. The average molecular weight is 329 g/mol. The first-order valence-electron chi connectivity index (χ1n) is 8.82. The number of piperidine rings is 2. The van der Waals surface area contributed by atoms with E-state index in [1.54, 1.807) is 6.92 Å². The van der Waals surface area contributed by atoms with Gasteiger partial charge in [0.05, 0.1) is 11.8 Å². The topological polar surface area (TPSA) is 56.7 Å². The van der Waals surface area contributed by atoms with E-state index in [0.717, 1.165) is 44.7 Å². The lowest BCUT2D eigenvalue weighted by molar-refractivity contribution is -0.137. The number of aliphatic hydroxyl groups is 1. The maximum Gasteiger partial charge on any atom is 0.222 e. The smallest absolute Gasteiger partial charge is 0.222 e. The van der Waals surface area contributed by atoms with Crippen LogP contribution in [-0.4, -0.2) is 47.1 Å². The zero-order chi connectivity index (χ0) is 17.2. The number of aliphatic hydroxyl groups excluding tert-OH is 1. The van der Waals surface area contributed by atoms with Crippen LogP contribution in [0.2, 0.25) is 0 Å². The van der Waals surface area contributed by atoms with Crippen LogP contribution in [-0.2, 0) is 4.79 Å². The zero-order valence-electron chi connectivity index (χ0n) is 14.4. The molecule has 0 aromatic carbocycles. The lowest BCUT2D eigenvalue weighted by atomic mass is 9.72. The van der Waals surface area contributed by atoms with E-state index in [-0.39, 0.29) is 11.3 Å². The molecule has 2 fully saturated rings. The maximum atomic E-state index is 12.0. The number of carbonyl (C=O) groups is 1. The molecule has 3 rings (SSSR count). The summed E-state index contributed by atoms with van der Waals surface area (Å²) in [6, 6.07) is 5.83. The summed E-state index contributed by atoms with van der Waals surface area (Å²) in [6.45, 7) is 8.92. The molecule has 1 aromatic rings. The van der Waals surface area contributed by atoms with Crippen LogP contribution in [0.4, 0.5) is 5.82 Å². The van der Waals surface area contributed by atoms with Gasteiger partial charge in [0.15, 0.2) is 0 Å². The minimum Gasteiger partial charge on any atom is -0.387 e. The zero-order valence-corrected chi connectivity index (χ0v) is 14.4. The van der Waals surface area contributed by atoms with Crippen molar-refractivity contribution in [3.05, 3.63) is 36.5 Å². The van der Waals surface area contributed by atoms with E-state index < -0.39 is 6.10 Å². The monoisotopic (exact) mass is 329 g/mol. The predicted molar refractivity (Wildman–Crippen MR) is 94.8 cm³/mol. The van der Waals surface area contributed by atoms with E-state index in [2.05, 4.69) is 16.5 Å². The normalized spacial score (nSPS) is 21.8. The first kappa shape index (κ1) is 17.0. The molecule has 2 aliphatic heterocycles. The van der Waals surface area contributed by atoms with Crippen molar-refractivity contribution in [3.8, 4) is 0 Å². The molecule has 1 aromatic heterocycles. The third kappa shape index (κ3) is 3.46. The van der Waals surface area contributed by atoms with Crippen molar-refractivity contribution in [2.45, 2.75) is 38.7 Å². The van der Waals surface area contributed by atoms with Crippen molar-refractivity contribution in [2.75, 3.05) is 31.1 Å². The quantitative estimate of drug-likeness (QED) is 0.863. The highest BCUT2D eigenvalue weighted by atomic mass is 16.3. The average Bonchev–Trinajstić information content (AvgIpc) is 2.59. The molecule has 0 saturated carbocycles. The SMILES string of the molecule is C=CCN1CC2(CCC1=O)CCN(c1cccc(C(C)O)n1)CC2. The van der Waals surface area contributed by atoms with Gasteiger partial charge in [0.2, 0.25) is 5.91 Å². The van der Waals surface area contributed by atoms with Gasteiger partial charge >= 0.3 is 0 Å². The predicted octanol–water partition coefficient (Wildman–Crippen LogP) is 2.53. The Balaban J connectivity index is 1.66. The molecule has 0 radical (unpaired) electrons. The van der Waals surface area contributed by atoms with Crippen molar-refractivity contribution in [1.29, 1.82) is 0 Å². The fraction of sp³-hybridized carbons (Fsp3) is 0.579. The molecule has 5 heteroatoms. The Morgan fingerprint density at radius 1 is 1.38 bits per heavy atom. The van der Waals surface area contributed by atoms with Gasteiger partial charge in [0, 0.05) is 32.6 Å². The summed E-state index contributed by atoms with van der Waals surface area (Å²) in [5, 5.41) is 9.72. The number of aromatic nitrogens is 1. The lowest BCUT2D eigenvalue weighted by Crippen LogP contribution is -2.51. The Hall–Kier alpha value is -1.88. The first-order chi connectivity index (χ1) is 11.5. The molecule has 0 bridgehead atoms. The summed E-state index contributed by atoms with van der Waals surface area (Å²) in [4.78, 5) is 20.9. The number of anilines is 1. The van der Waals surface area contributed by atoms with Gasteiger partial charge in [-0.05, 0) is 43.7 Å². The first-order valence-corrected chi connectivity index (χ1v) is 8.82. The van der Waals surface area contributed by atoms with E-state index >= 15 is 0 Å². The number of likely N-dealkylation sites (tertiary alicyclic amines) is 1. The summed E-state index contributed by atoms with van der Waals surface area (Å²) in [5.74, 6) is 1.20. The number of pyridine rings is 1. The molecular weight excluding hydrogens is 302 g/mol. The van der Waals surface area contributed by atoms with Crippen LogP contribution in [0.1, 0.15) is 44.4 Å². The molecule has 5 nitrogen and oxygen atoms in total. The number of amides is 1. The van der Waals surface area contributed by atoms with Crippen molar-refractivity contribution in [1.82, 2.24) is 9.88 Å². The van der Waals surface area contributed by atoms with Gasteiger partial charge in [-0.1, -0.05) is 12.1 Å². The fourth-order valence-corrected chi connectivity index (χ4v) is 3.89. The number of nitrogens with zero attached hydrogens (tertiary/aromatic N) is 3. The van der Waals surface area contributed by atoms with Crippen LogP contribution in [0.25, 0.3) is 0 Å². The molecule has 3 heterocycles. The summed E-state index contributed by atoms with van der Waals surface area (Å²) < 4.78 is 0. The van der Waals surface area contributed by atoms with E-state index in [1.165, 1.54) is 0 Å². The van der Waals surface area contributed by atoms with Crippen molar-refractivity contribution in [2.24, 2.45) is 5.41 Å². The molecule has 2 aliphatic rings. The van der Waals surface area contributed by atoms with Gasteiger partial charge in [0.25, 0.3) is 0 Å². The molecule has 1 N–H and O–H groups in total. The van der Waals surface area contributed by atoms with E-state index in [0.29, 0.717) is 18.7 Å². The van der Waals surface area contributed by atoms with Crippen molar-refractivity contribution < 1.29 is 9.90 Å². The van der Waals surface area contributed by atoms with Gasteiger partial charge in [-0.2, -0.15) is 0 Å². The van der Waals surface area contributed by atoms with Gasteiger partial charge in [-0.15, -0.1) is 6.58 Å². The third-order valence-corrected chi connectivity index (χ3v) is 5.43. The highest BCUT2D eigenvalue weighted by molar-refractivity contribution is 5.77. The third-order valence-electron chi connectivity index (χ3n) is 5.43. The molecule has 1 unspecified atom stereocenters. The van der Waals surface area contributed by atoms with Crippen LogP contribution in [0.3, 0.4) is 0 Å². The highest BCUT2D eigenvalue weighted by Gasteiger charge is 2.40. The summed E-state index contributed by atoms with van der Waals surface area (Å²) in [6.07, 6.45) is 5.08. The summed E-state index contributed by atoms with van der Waals surface area (Å²) >= 11 is 0.